The van der Waals surface area contributed by atoms with Crippen LogP contribution in [0.25, 0.3) is 0 Å². The minimum Gasteiger partial charge on any atom is -0.387 e. The van der Waals surface area contributed by atoms with E-state index in [-0.39, 0.29) is 5.56 Å². The first-order valence-corrected chi connectivity index (χ1v) is 12.9. The molecule has 1 amide bonds. The quantitative estimate of drug-likeness (QED) is 0.424. The molecule has 210 valence electrons. The topological polar surface area (TPSA) is 78.9 Å². The van der Waals surface area contributed by atoms with Crippen molar-refractivity contribution in [3.63, 3.8) is 0 Å². The number of alkyl halides is 1. The van der Waals surface area contributed by atoms with Crippen molar-refractivity contribution < 1.29 is 23.1 Å². The fourth-order valence-corrected chi connectivity index (χ4v) is 4.46. The molecular weight excluding hydrogens is 491 g/mol. The third kappa shape index (κ3) is 8.81. The molecule has 0 aromatic heterocycles. The van der Waals surface area contributed by atoms with Gasteiger partial charge in [0.1, 0.15) is 18.2 Å². The number of rotatable bonds is 9. The van der Waals surface area contributed by atoms with Crippen molar-refractivity contribution in [2.45, 2.75) is 59.9 Å². The lowest BCUT2D eigenvalue weighted by atomic mass is 9.81. The van der Waals surface area contributed by atoms with Gasteiger partial charge in [-0.05, 0) is 54.1 Å². The van der Waals surface area contributed by atoms with Crippen LogP contribution in [0.1, 0.15) is 58.6 Å². The van der Waals surface area contributed by atoms with Gasteiger partial charge in [-0.3, -0.25) is 14.2 Å². The van der Waals surface area contributed by atoms with Crippen LogP contribution in [0.5, 0.6) is 0 Å². The lowest BCUT2D eigenvalue weighted by Gasteiger charge is -2.40. The van der Waals surface area contributed by atoms with E-state index in [2.05, 4.69) is 0 Å². The molecule has 0 saturated carbocycles. The third-order valence-corrected chi connectivity index (χ3v) is 5.95. The van der Waals surface area contributed by atoms with E-state index in [1.54, 1.807) is 4.90 Å². The molecular formula is C30H42F3N3O2. The normalized spacial score (nSPS) is 13.6. The Balaban J connectivity index is 0.00000172. The van der Waals surface area contributed by atoms with Crippen LogP contribution in [0.15, 0.2) is 64.8 Å². The van der Waals surface area contributed by atoms with E-state index >= 15 is 0 Å². The van der Waals surface area contributed by atoms with Gasteiger partial charge in [-0.1, -0.05) is 65.0 Å². The molecule has 3 N–H and O–H groups in total. The highest BCUT2D eigenvalue weighted by atomic mass is 19.1. The van der Waals surface area contributed by atoms with Crippen LogP contribution in [0.3, 0.4) is 0 Å². The minimum atomic E-state index is -0.631. The van der Waals surface area contributed by atoms with E-state index < -0.39 is 35.6 Å². The first kappa shape index (κ1) is 33.1. The SMILES string of the molecule is CC.CC(C)(C)C(C1=C(Cc2ccccc2)CC(c2cc(F)ccc2F)=N1)N(CCCN)C(=O)CO.CF. The fourth-order valence-electron chi connectivity index (χ4n) is 4.46. The zero-order chi connectivity index (χ0) is 28.9. The number of carbonyl (C=O) groups excluding carboxylic acids is 1. The molecule has 38 heavy (non-hydrogen) atoms. The van der Waals surface area contributed by atoms with E-state index in [0.29, 0.717) is 50.9 Å². The van der Waals surface area contributed by atoms with Gasteiger partial charge in [0, 0.05) is 18.5 Å². The maximum absolute atomic E-state index is 14.7. The molecule has 1 heterocycles. The van der Waals surface area contributed by atoms with Gasteiger partial charge in [0.25, 0.3) is 0 Å². The van der Waals surface area contributed by atoms with Gasteiger partial charge in [0.15, 0.2) is 0 Å². The number of nitrogens with zero attached hydrogens (tertiary/aromatic N) is 2. The number of aliphatic hydroxyl groups excluding tert-OH is 1. The Morgan fingerprint density at radius 1 is 1.11 bits per heavy atom. The Morgan fingerprint density at radius 2 is 1.74 bits per heavy atom. The molecule has 2 aromatic rings. The van der Waals surface area contributed by atoms with Crippen molar-refractivity contribution in [1.29, 1.82) is 0 Å². The maximum Gasteiger partial charge on any atom is 0.248 e. The summed E-state index contributed by atoms with van der Waals surface area (Å²) in [6.07, 6.45) is 1.47. The summed E-state index contributed by atoms with van der Waals surface area (Å²) in [6, 6.07) is 12.7. The van der Waals surface area contributed by atoms with Crippen molar-refractivity contribution in [3.05, 3.63) is 82.6 Å². The van der Waals surface area contributed by atoms with Gasteiger partial charge in [0.05, 0.1) is 24.6 Å². The highest BCUT2D eigenvalue weighted by Crippen LogP contribution is 2.38. The zero-order valence-corrected chi connectivity index (χ0v) is 23.4. The van der Waals surface area contributed by atoms with Crippen molar-refractivity contribution in [2.24, 2.45) is 16.1 Å². The van der Waals surface area contributed by atoms with Gasteiger partial charge in [0.2, 0.25) is 5.91 Å². The second kappa shape index (κ2) is 16.1. The number of nitrogens with two attached hydrogens (primary N) is 1. The molecule has 0 radical (unpaired) electrons. The number of allylic oxidation sites excluding steroid dienone is 1. The van der Waals surface area contributed by atoms with E-state index in [1.165, 1.54) is 0 Å². The van der Waals surface area contributed by atoms with Crippen molar-refractivity contribution >= 4 is 11.6 Å². The largest absolute Gasteiger partial charge is 0.387 e. The maximum atomic E-state index is 14.7. The predicted octanol–water partition coefficient (Wildman–Crippen LogP) is 5.85. The van der Waals surface area contributed by atoms with E-state index in [4.69, 9.17) is 10.7 Å². The molecule has 8 heteroatoms. The summed E-state index contributed by atoms with van der Waals surface area (Å²) >= 11 is 0. The van der Waals surface area contributed by atoms with Gasteiger partial charge in [-0.15, -0.1) is 0 Å². The zero-order valence-electron chi connectivity index (χ0n) is 23.4. The molecule has 5 nitrogen and oxygen atoms in total. The number of halogens is 3. The molecule has 1 unspecified atom stereocenters. The monoisotopic (exact) mass is 533 g/mol. The number of carbonyl (C=O) groups is 1. The number of aliphatic imine (C=N–C) groups is 1. The first-order chi connectivity index (χ1) is 18.2. The number of benzene rings is 2. The third-order valence-electron chi connectivity index (χ3n) is 5.95. The number of amides is 1. The molecule has 2 aromatic carbocycles. The van der Waals surface area contributed by atoms with Crippen molar-refractivity contribution in [3.8, 4) is 0 Å². The second-order valence-electron chi connectivity index (χ2n) is 9.67. The second-order valence-corrected chi connectivity index (χ2v) is 9.67. The first-order valence-electron chi connectivity index (χ1n) is 12.9. The highest BCUT2D eigenvalue weighted by Gasteiger charge is 2.39. The Labute approximate surface area is 225 Å². The Kier molecular flexibility index (Phi) is 14.0. The van der Waals surface area contributed by atoms with E-state index in [9.17, 15) is 23.1 Å². The predicted molar refractivity (Wildman–Crippen MR) is 149 cm³/mol. The van der Waals surface area contributed by atoms with Crippen LogP contribution in [0, 0.1) is 17.0 Å². The fraction of sp³-hybridized carbons (Fsp3) is 0.467. The highest BCUT2D eigenvalue weighted by molar-refractivity contribution is 6.04. The molecule has 0 spiro atoms. The molecule has 0 fully saturated rings. The van der Waals surface area contributed by atoms with Crippen LogP contribution in [0.2, 0.25) is 0 Å². The Bertz CT molecular complexity index is 1080. The summed E-state index contributed by atoms with van der Waals surface area (Å²) in [5, 5.41) is 9.69. The van der Waals surface area contributed by atoms with E-state index in [0.717, 1.165) is 29.3 Å². The lowest BCUT2D eigenvalue weighted by Crippen LogP contribution is -2.50. The molecule has 1 aliphatic heterocycles. The molecule has 0 aliphatic carbocycles. The van der Waals surface area contributed by atoms with Crippen LogP contribution in [-0.2, 0) is 11.2 Å². The summed E-state index contributed by atoms with van der Waals surface area (Å²) in [7, 11) is 0.500. The van der Waals surface area contributed by atoms with E-state index in [1.807, 2.05) is 65.0 Å². The standard InChI is InChI=1S/C27H33F2N3O2.C2H6.CH3F/c1-27(2,3)26(32(13-7-12-30)24(34)17-33)25-19(14-18-8-5-4-6-9-18)15-23(31-25)21-16-20(28)10-11-22(21)29;2*1-2/h4-6,8-11,16,26,33H,7,12-15,17,30H2,1-3H3;1-2H3;1H3. The molecule has 1 atom stereocenters. The Morgan fingerprint density at radius 3 is 2.29 bits per heavy atom. The number of hydrogen-bond acceptors (Lipinski definition) is 4. The minimum absolute atomic E-state index is 0.121. The van der Waals surface area contributed by atoms with Crippen molar-refractivity contribution in [2.75, 3.05) is 26.9 Å². The van der Waals surface area contributed by atoms with Gasteiger partial charge < -0.3 is 15.7 Å². The van der Waals surface area contributed by atoms with Crippen LogP contribution in [0.4, 0.5) is 13.2 Å². The van der Waals surface area contributed by atoms with Crippen LogP contribution >= 0.6 is 0 Å². The number of aliphatic hydroxyl groups is 1. The molecule has 0 saturated heterocycles. The average Bonchev–Trinajstić information content (AvgIpc) is 3.31. The Hall–Kier alpha value is -2.97. The summed E-state index contributed by atoms with van der Waals surface area (Å²) in [6.45, 7) is 10.1. The summed E-state index contributed by atoms with van der Waals surface area (Å²) in [5.41, 5.74) is 8.48. The molecule has 1 aliphatic rings. The lowest BCUT2D eigenvalue weighted by molar-refractivity contribution is -0.138. The van der Waals surface area contributed by atoms with Crippen LogP contribution < -0.4 is 5.73 Å². The number of hydrogen-bond donors (Lipinski definition) is 2. The van der Waals surface area contributed by atoms with Gasteiger partial charge >= 0.3 is 0 Å². The summed E-state index contributed by atoms with van der Waals surface area (Å²) < 4.78 is 38.1. The smallest absolute Gasteiger partial charge is 0.248 e. The summed E-state index contributed by atoms with van der Waals surface area (Å²) in [4.78, 5) is 19.3. The summed E-state index contributed by atoms with van der Waals surface area (Å²) in [5.74, 6) is -1.50. The van der Waals surface area contributed by atoms with Gasteiger partial charge in [-0.25, -0.2) is 8.78 Å². The average molecular weight is 534 g/mol. The van der Waals surface area contributed by atoms with Crippen molar-refractivity contribution in [1.82, 2.24) is 4.90 Å². The molecule has 3 rings (SSSR count). The van der Waals surface area contributed by atoms with Crippen LogP contribution in [-0.4, -0.2) is 54.5 Å². The molecule has 0 bridgehead atoms. The van der Waals surface area contributed by atoms with Gasteiger partial charge in [-0.2, -0.15) is 0 Å².